The molecule has 5 rings (SSSR count). The number of benzene rings is 2. The maximum atomic E-state index is 13.3. The number of allylic oxidation sites excluding steroid dienone is 1. The Kier molecular flexibility index (Phi) is 4.65. The number of carbonyl (C=O) groups is 1. The molecule has 0 fully saturated rings. The quantitative estimate of drug-likeness (QED) is 0.497. The molecule has 30 heavy (non-hydrogen) atoms. The van der Waals surface area contributed by atoms with E-state index in [2.05, 4.69) is 15.6 Å². The number of rotatable bonds is 4. The highest BCUT2D eigenvalue weighted by atomic mass is 32.1. The van der Waals surface area contributed by atoms with Gasteiger partial charge in [-0.25, -0.2) is 4.68 Å². The summed E-state index contributed by atoms with van der Waals surface area (Å²) in [5, 5.41) is 13.1. The van der Waals surface area contributed by atoms with Crippen LogP contribution < -0.4 is 10.6 Å². The third-order valence-corrected chi connectivity index (χ3v) is 5.90. The number of hydrogen-bond donors (Lipinski definition) is 2. The van der Waals surface area contributed by atoms with Gasteiger partial charge in [0.25, 0.3) is 5.91 Å². The zero-order valence-electron chi connectivity index (χ0n) is 16.2. The lowest BCUT2D eigenvalue weighted by molar-refractivity contribution is -0.113. The Morgan fingerprint density at radius 2 is 1.77 bits per heavy atom. The summed E-state index contributed by atoms with van der Waals surface area (Å²) < 4.78 is 1.81. The molecule has 0 saturated heterocycles. The van der Waals surface area contributed by atoms with Crippen LogP contribution in [-0.4, -0.2) is 20.7 Å². The first-order valence-electron chi connectivity index (χ1n) is 9.60. The van der Waals surface area contributed by atoms with Gasteiger partial charge >= 0.3 is 0 Å². The van der Waals surface area contributed by atoms with E-state index in [1.54, 1.807) is 16.0 Å². The predicted octanol–water partition coefficient (Wildman–Crippen LogP) is 4.93. The average molecular weight is 414 g/mol. The number of amides is 1. The molecule has 1 amide bonds. The molecule has 0 saturated carbocycles. The van der Waals surface area contributed by atoms with Gasteiger partial charge < -0.3 is 10.6 Å². The van der Waals surface area contributed by atoms with Crippen molar-refractivity contribution in [3.63, 3.8) is 0 Å². The Labute approximate surface area is 177 Å². The molecule has 1 aliphatic rings. The van der Waals surface area contributed by atoms with Crippen LogP contribution in [-0.2, 0) is 4.79 Å². The van der Waals surface area contributed by atoms with Gasteiger partial charge in [0.05, 0.1) is 5.57 Å². The highest BCUT2D eigenvalue weighted by molar-refractivity contribution is 7.10. The van der Waals surface area contributed by atoms with Gasteiger partial charge in [0.2, 0.25) is 5.95 Å². The molecule has 0 unspecified atom stereocenters. The molecule has 4 aromatic rings. The fraction of sp³-hybridized carbons (Fsp3) is 0.0870. The SMILES string of the molecule is CC1=C(C(=O)Nc2ccccc2)[C@@H](c2cccs2)n2nc(-c3ccccc3)nc2N1. The summed E-state index contributed by atoms with van der Waals surface area (Å²) in [6.07, 6.45) is 0. The van der Waals surface area contributed by atoms with Crippen molar-refractivity contribution in [2.24, 2.45) is 0 Å². The van der Waals surface area contributed by atoms with E-state index in [1.165, 1.54) is 0 Å². The number of thiophene rings is 1. The van der Waals surface area contributed by atoms with Crippen LogP contribution in [0.2, 0.25) is 0 Å². The average Bonchev–Trinajstić information content (AvgIpc) is 3.44. The van der Waals surface area contributed by atoms with Crippen LogP contribution in [0.5, 0.6) is 0 Å². The van der Waals surface area contributed by atoms with Crippen LogP contribution in [0.1, 0.15) is 17.8 Å². The predicted molar refractivity (Wildman–Crippen MR) is 119 cm³/mol. The van der Waals surface area contributed by atoms with E-state index in [0.717, 1.165) is 21.8 Å². The zero-order chi connectivity index (χ0) is 20.5. The van der Waals surface area contributed by atoms with E-state index < -0.39 is 0 Å². The van der Waals surface area contributed by atoms with Gasteiger partial charge in [-0.3, -0.25) is 4.79 Å². The number of nitrogens with zero attached hydrogens (tertiary/aromatic N) is 3. The lowest BCUT2D eigenvalue weighted by atomic mass is 10.0. The molecule has 0 aliphatic carbocycles. The number of carbonyl (C=O) groups excluding carboxylic acids is 1. The minimum Gasteiger partial charge on any atom is -0.328 e. The standard InChI is InChI=1S/C23H19N5OS/c1-15-19(22(29)25-17-11-6-3-7-12-17)20(18-13-8-14-30-18)28-23(24-15)26-21(27-28)16-9-4-2-5-10-16/h2-14,20H,1H3,(H,25,29)(H,24,26,27)/t20-/m1/s1. The van der Waals surface area contributed by atoms with Gasteiger partial charge in [-0.1, -0.05) is 54.6 Å². The summed E-state index contributed by atoms with van der Waals surface area (Å²) in [6.45, 7) is 1.90. The lowest BCUT2D eigenvalue weighted by Gasteiger charge is -2.27. The molecule has 6 nitrogen and oxygen atoms in total. The second kappa shape index (κ2) is 7.61. The number of aromatic nitrogens is 3. The van der Waals surface area contributed by atoms with Gasteiger partial charge in [-0.2, -0.15) is 4.98 Å². The molecule has 1 atom stereocenters. The van der Waals surface area contributed by atoms with Crippen LogP contribution >= 0.6 is 11.3 Å². The molecule has 1 aliphatic heterocycles. The van der Waals surface area contributed by atoms with Gasteiger partial charge in [-0.15, -0.1) is 16.4 Å². The Morgan fingerprint density at radius 3 is 2.47 bits per heavy atom. The number of hydrogen-bond acceptors (Lipinski definition) is 5. The highest BCUT2D eigenvalue weighted by Gasteiger charge is 2.35. The molecular weight excluding hydrogens is 394 g/mol. The fourth-order valence-corrected chi connectivity index (χ4v) is 4.40. The largest absolute Gasteiger partial charge is 0.328 e. The molecule has 2 N–H and O–H groups in total. The molecule has 3 heterocycles. The van der Waals surface area contributed by atoms with E-state index in [1.807, 2.05) is 85.1 Å². The summed E-state index contributed by atoms with van der Waals surface area (Å²) in [5.41, 5.74) is 3.07. The molecular formula is C23H19N5OS. The van der Waals surface area contributed by atoms with Crippen LogP contribution in [0.15, 0.2) is 89.4 Å². The van der Waals surface area contributed by atoms with Gasteiger partial charge in [0.15, 0.2) is 5.82 Å². The Morgan fingerprint density at radius 1 is 1.03 bits per heavy atom. The lowest BCUT2D eigenvalue weighted by Crippen LogP contribution is -2.31. The highest BCUT2D eigenvalue weighted by Crippen LogP contribution is 2.38. The first-order valence-corrected chi connectivity index (χ1v) is 10.5. The van der Waals surface area contributed by atoms with Crippen molar-refractivity contribution in [1.29, 1.82) is 0 Å². The Balaban J connectivity index is 1.58. The molecule has 0 spiro atoms. The van der Waals surface area contributed by atoms with Crippen molar-refractivity contribution in [3.8, 4) is 11.4 Å². The van der Waals surface area contributed by atoms with E-state index in [9.17, 15) is 4.79 Å². The normalized spacial score (nSPS) is 15.4. The molecule has 2 aromatic heterocycles. The number of nitrogens with one attached hydrogen (secondary N) is 2. The summed E-state index contributed by atoms with van der Waals surface area (Å²) >= 11 is 1.60. The molecule has 148 valence electrons. The van der Waals surface area contributed by atoms with Crippen LogP contribution in [0.25, 0.3) is 11.4 Å². The van der Waals surface area contributed by atoms with Gasteiger partial charge in [0, 0.05) is 21.8 Å². The van der Waals surface area contributed by atoms with Crippen LogP contribution in [0, 0.1) is 0 Å². The second-order valence-electron chi connectivity index (χ2n) is 6.97. The molecule has 7 heteroatoms. The monoisotopic (exact) mass is 413 g/mol. The molecule has 0 bridgehead atoms. The maximum absolute atomic E-state index is 13.3. The van der Waals surface area contributed by atoms with E-state index in [4.69, 9.17) is 5.10 Å². The Bertz CT molecular complexity index is 1210. The topological polar surface area (TPSA) is 71.8 Å². The third-order valence-electron chi connectivity index (χ3n) is 4.97. The van der Waals surface area contributed by atoms with Crippen molar-refractivity contribution in [3.05, 3.63) is 94.3 Å². The maximum Gasteiger partial charge on any atom is 0.255 e. The fourth-order valence-electron chi connectivity index (χ4n) is 3.58. The summed E-state index contributed by atoms with van der Waals surface area (Å²) in [7, 11) is 0. The third kappa shape index (κ3) is 3.29. The number of fused-ring (bicyclic) bond motifs is 1. The number of anilines is 2. The smallest absolute Gasteiger partial charge is 0.255 e. The van der Waals surface area contributed by atoms with Crippen molar-refractivity contribution in [2.45, 2.75) is 13.0 Å². The number of para-hydroxylation sites is 1. The summed E-state index contributed by atoms with van der Waals surface area (Å²) in [6, 6.07) is 23.0. The van der Waals surface area contributed by atoms with E-state index >= 15 is 0 Å². The van der Waals surface area contributed by atoms with Crippen molar-refractivity contribution >= 4 is 28.9 Å². The van der Waals surface area contributed by atoms with Crippen LogP contribution in [0.3, 0.4) is 0 Å². The van der Waals surface area contributed by atoms with Gasteiger partial charge in [-0.05, 0) is 30.5 Å². The Hall–Kier alpha value is -3.71. The zero-order valence-corrected chi connectivity index (χ0v) is 17.1. The summed E-state index contributed by atoms with van der Waals surface area (Å²) in [4.78, 5) is 19.0. The summed E-state index contributed by atoms with van der Waals surface area (Å²) in [5.74, 6) is 1.09. The van der Waals surface area contributed by atoms with Crippen molar-refractivity contribution in [2.75, 3.05) is 10.6 Å². The van der Waals surface area contributed by atoms with E-state index in [-0.39, 0.29) is 11.9 Å². The van der Waals surface area contributed by atoms with Crippen molar-refractivity contribution in [1.82, 2.24) is 14.8 Å². The first-order chi connectivity index (χ1) is 14.7. The second-order valence-corrected chi connectivity index (χ2v) is 7.95. The van der Waals surface area contributed by atoms with E-state index in [0.29, 0.717) is 17.3 Å². The van der Waals surface area contributed by atoms with Gasteiger partial charge in [0.1, 0.15) is 6.04 Å². The van der Waals surface area contributed by atoms with Crippen LogP contribution in [0.4, 0.5) is 11.6 Å². The first kappa shape index (κ1) is 18.3. The molecule has 0 radical (unpaired) electrons. The molecule has 2 aromatic carbocycles. The minimum absolute atomic E-state index is 0.160. The minimum atomic E-state index is -0.352. The van der Waals surface area contributed by atoms with Crippen molar-refractivity contribution < 1.29 is 4.79 Å².